The Morgan fingerprint density at radius 1 is 0.957 bits per heavy atom. The van der Waals surface area contributed by atoms with Gasteiger partial charge in [-0.3, -0.25) is 0 Å². The number of fused-ring (bicyclic) bond motifs is 1. The summed E-state index contributed by atoms with van der Waals surface area (Å²) in [5.41, 5.74) is 6.23. The average molecular weight is 305 g/mol. The molecule has 23 heavy (non-hydrogen) atoms. The molecule has 0 aliphatic rings. The van der Waals surface area contributed by atoms with Crippen LogP contribution in [0.2, 0.25) is 0 Å². The van der Waals surface area contributed by atoms with Gasteiger partial charge < -0.3 is 0 Å². The molecule has 118 valence electrons. The third-order valence-electron chi connectivity index (χ3n) is 4.57. The highest BCUT2D eigenvalue weighted by Gasteiger charge is 2.20. The highest BCUT2D eigenvalue weighted by molar-refractivity contribution is 5.94. The van der Waals surface area contributed by atoms with Gasteiger partial charge >= 0.3 is 0 Å². The number of hydrogen-bond donors (Lipinski definition) is 0. The minimum absolute atomic E-state index is 0.103. The van der Waals surface area contributed by atoms with Gasteiger partial charge in [0.2, 0.25) is 5.69 Å². The molecule has 1 nitrogen and oxygen atoms in total. The van der Waals surface area contributed by atoms with E-state index in [2.05, 4.69) is 71.0 Å². The first kappa shape index (κ1) is 14.4. The van der Waals surface area contributed by atoms with E-state index in [1.165, 1.54) is 27.6 Å². The van der Waals surface area contributed by atoms with Gasteiger partial charge in [0.1, 0.15) is 8.42 Å². The van der Waals surface area contributed by atoms with Crippen LogP contribution in [-0.2, 0) is 12.5 Å². The van der Waals surface area contributed by atoms with Crippen LogP contribution in [0.4, 0.5) is 0 Å². The van der Waals surface area contributed by atoms with Gasteiger partial charge in [-0.05, 0) is 47.9 Å². The van der Waals surface area contributed by atoms with Crippen molar-refractivity contribution in [2.75, 3.05) is 0 Å². The third-order valence-corrected chi connectivity index (χ3v) is 4.57. The fourth-order valence-electron chi connectivity index (χ4n) is 3.10. The smallest absolute Gasteiger partial charge is 0.200 e. The Balaban J connectivity index is 2.40. The minimum Gasteiger partial charge on any atom is -0.200 e. The number of aryl methyl sites for hydroxylation is 2. The number of pyridine rings is 1. The van der Waals surface area contributed by atoms with E-state index < -0.39 is 0 Å². The molecule has 0 atom stereocenters. The Bertz CT molecular complexity index is 933. The number of rotatable bonds is 1. The molecular formula is C22H26N+. The van der Waals surface area contributed by atoms with Crippen LogP contribution in [0.3, 0.4) is 0 Å². The zero-order valence-electron chi connectivity index (χ0n) is 16.0. The molecule has 3 rings (SSSR count). The normalized spacial score (nSPS) is 12.5. The van der Waals surface area contributed by atoms with E-state index in [-0.39, 0.29) is 5.41 Å². The highest BCUT2D eigenvalue weighted by atomic mass is 14.9. The maximum atomic E-state index is 8.37. The van der Waals surface area contributed by atoms with E-state index >= 15 is 0 Å². The Labute approximate surface area is 141 Å². The van der Waals surface area contributed by atoms with E-state index in [0.29, 0.717) is 6.17 Å². The SMILES string of the molecule is [2H]c1cc2cc(C)ccc2c(-c2cc(C(C)(C)C)ccc2C)[n+]1C. The Kier molecular flexibility index (Phi) is 3.45. The van der Waals surface area contributed by atoms with Gasteiger partial charge in [-0.25, -0.2) is 4.57 Å². The van der Waals surface area contributed by atoms with Crippen LogP contribution in [0.15, 0.2) is 48.6 Å². The van der Waals surface area contributed by atoms with Gasteiger partial charge in [0.05, 0.1) is 5.39 Å². The highest BCUT2D eigenvalue weighted by Crippen LogP contribution is 2.32. The van der Waals surface area contributed by atoms with Crippen LogP contribution < -0.4 is 4.57 Å². The molecule has 0 spiro atoms. The average Bonchev–Trinajstić information content (AvgIpc) is 2.49. The number of benzene rings is 2. The van der Waals surface area contributed by atoms with E-state index in [0.717, 1.165) is 11.1 Å². The summed E-state index contributed by atoms with van der Waals surface area (Å²) in [6.45, 7) is 11.0. The molecule has 0 amide bonds. The van der Waals surface area contributed by atoms with Gasteiger partial charge in [-0.15, -0.1) is 0 Å². The van der Waals surface area contributed by atoms with Gasteiger partial charge in [0.15, 0.2) is 6.17 Å². The fourth-order valence-corrected chi connectivity index (χ4v) is 3.10. The molecule has 2 aromatic carbocycles. The predicted molar refractivity (Wildman–Crippen MR) is 98.7 cm³/mol. The van der Waals surface area contributed by atoms with Crippen molar-refractivity contribution in [1.29, 1.82) is 0 Å². The second kappa shape index (κ2) is 5.49. The van der Waals surface area contributed by atoms with E-state index in [9.17, 15) is 0 Å². The summed E-state index contributed by atoms with van der Waals surface area (Å²) in [6, 6.07) is 15.2. The molecule has 0 N–H and O–H groups in total. The van der Waals surface area contributed by atoms with E-state index in [1.54, 1.807) is 0 Å². The van der Waals surface area contributed by atoms with Gasteiger partial charge in [0, 0.05) is 11.6 Å². The summed E-state index contributed by atoms with van der Waals surface area (Å²) in [6.07, 6.45) is 0.531. The lowest BCUT2D eigenvalue weighted by atomic mass is 9.84. The van der Waals surface area contributed by atoms with Crippen LogP contribution in [0.1, 0.15) is 38.8 Å². The first-order chi connectivity index (χ1) is 11.2. The molecule has 3 aromatic rings. The van der Waals surface area contributed by atoms with Gasteiger partial charge in [-0.1, -0.05) is 50.6 Å². The van der Waals surface area contributed by atoms with Crippen molar-refractivity contribution in [3.8, 4) is 11.3 Å². The molecule has 0 fully saturated rings. The molecule has 1 heterocycles. The second-order valence-corrected chi connectivity index (χ2v) is 7.55. The van der Waals surface area contributed by atoms with Crippen molar-refractivity contribution in [1.82, 2.24) is 0 Å². The maximum Gasteiger partial charge on any atom is 0.220 e. The maximum absolute atomic E-state index is 8.37. The topological polar surface area (TPSA) is 3.88 Å². The molecule has 0 saturated heterocycles. The second-order valence-electron chi connectivity index (χ2n) is 7.55. The Morgan fingerprint density at radius 3 is 2.39 bits per heavy atom. The molecule has 0 aliphatic carbocycles. The van der Waals surface area contributed by atoms with Crippen molar-refractivity contribution < 1.29 is 5.94 Å². The number of nitrogens with zero attached hydrogens (tertiary/aromatic N) is 1. The third kappa shape index (κ3) is 2.88. The summed E-state index contributed by atoms with van der Waals surface area (Å²) in [5.74, 6) is 0. The zero-order valence-corrected chi connectivity index (χ0v) is 15.0. The molecule has 1 heteroatoms. The summed E-state index contributed by atoms with van der Waals surface area (Å²) >= 11 is 0. The van der Waals surface area contributed by atoms with Gasteiger partial charge in [0.25, 0.3) is 0 Å². The Hall–Kier alpha value is -2.15. The summed E-state index contributed by atoms with van der Waals surface area (Å²) in [4.78, 5) is 0. The molecule has 0 unspecified atom stereocenters. The monoisotopic (exact) mass is 305 g/mol. The largest absolute Gasteiger partial charge is 0.220 e. The Morgan fingerprint density at radius 2 is 1.70 bits per heavy atom. The van der Waals surface area contributed by atoms with Crippen molar-refractivity contribution in [2.45, 2.75) is 40.0 Å². The van der Waals surface area contributed by atoms with Crippen LogP contribution in [-0.4, -0.2) is 0 Å². The standard InChI is InChI=1S/C22H26N/c1-15-7-10-19-17(13-15)11-12-23(6)21(19)20-14-18(22(3,4)5)9-8-16(20)2/h7-14H,1-6H3/q+1/i12D. The summed E-state index contributed by atoms with van der Waals surface area (Å²) in [5, 5.41) is 2.34. The number of hydrogen-bond acceptors (Lipinski definition) is 0. The minimum atomic E-state index is 0.103. The first-order valence-electron chi connectivity index (χ1n) is 8.70. The number of aromatic nitrogens is 1. The van der Waals surface area contributed by atoms with E-state index in [4.69, 9.17) is 1.37 Å². The lowest BCUT2D eigenvalue weighted by molar-refractivity contribution is -0.659. The molecule has 0 aliphatic heterocycles. The fraction of sp³-hybridized carbons (Fsp3) is 0.318. The molecule has 1 aromatic heterocycles. The molecular weight excluding hydrogens is 278 g/mol. The van der Waals surface area contributed by atoms with Gasteiger partial charge in [-0.2, -0.15) is 0 Å². The van der Waals surface area contributed by atoms with Crippen molar-refractivity contribution in [2.24, 2.45) is 7.05 Å². The van der Waals surface area contributed by atoms with Crippen LogP contribution in [0, 0.1) is 13.8 Å². The van der Waals surface area contributed by atoms with Crippen molar-refractivity contribution in [3.63, 3.8) is 0 Å². The zero-order chi connectivity index (χ0) is 17.6. The van der Waals surface area contributed by atoms with Crippen molar-refractivity contribution in [3.05, 3.63) is 65.3 Å². The lowest BCUT2D eigenvalue weighted by Gasteiger charge is -2.20. The van der Waals surface area contributed by atoms with Crippen LogP contribution in [0.25, 0.3) is 22.0 Å². The quantitative estimate of drug-likeness (QED) is 0.541. The molecule has 0 saturated carbocycles. The van der Waals surface area contributed by atoms with Crippen LogP contribution in [0.5, 0.6) is 0 Å². The summed E-state index contributed by atoms with van der Waals surface area (Å²) < 4.78 is 10.4. The van der Waals surface area contributed by atoms with E-state index in [1.807, 2.05) is 17.7 Å². The lowest BCUT2D eigenvalue weighted by Crippen LogP contribution is -2.31. The molecule has 0 bridgehead atoms. The predicted octanol–water partition coefficient (Wildman–Crippen LogP) is 5.25. The van der Waals surface area contributed by atoms with Crippen LogP contribution >= 0.6 is 0 Å². The molecule has 0 radical (unpaired) electrons. The first-order valence-corrected chi connectivity index (χ1v) is 8.20. The summed E-state index contributed by atoms with van der Waals surface area (Å²) in [7, 11) is 1.99. The van der Waals surface area contributed by atoms with Crippen molar-refractivity contribution >= 4 is 10.8 Å².